The van der Waals surface area contributed by atoms with Crippen LogP contribution in [-0.4, -0.2) is 56.0 Å². The minimum absolute atomic E-state index is 0.171. The van der Waals surface area contributed by atoms with Crippen LogP contribution in [0.1, 0.15) is 0 Å². The van der Waals surface area contributed by atoms with Gasteiger partial charge in [0.1, 0.15) is 0 Å². The maximum atomic E-state index is 8.73. The second-order valence-electron chi connectivity index (χ2n) is 2.71. The molecule has 0 aliphatic rings. The lowest BCUT2D eigenvalue weighted by molar-refractivity contribution is 0.105. The maximum absolute atomic E-state index is 8.73. The molecule has 0 bridgehead atoms. The van der Waals surface area contributed by atoms with E-state index in [0.29, 0.717) is 26.3 Å². The third kappa shape index (κ3) is 7.93. The molecule has 0 aliphatic heterocycles. The molecule has 0 heterocycles. The Bertz CT molecular complexity index is 120. The highest BCUT2D eigenvalue weighted by Crippen LogP contribution is 1.88. The lowest BCUT2D eigenvalue weighted by atomic mass is 10.4. The van der Waals surface area contributed by atoms with Gasteiger partial charge in [0.05, 0.1) is 19.8 Å². The molecule has 0 radical (unpaired) electrons. The highest BCUT2D eigenvalue weighted by molar-refractivity contribution is 4.72. The van der Waals surface area contributed by atoms with Crippen LogP contribution in [0.25, 0.3) is 0 Å². The van der Waals surface area contributed by atoms with E-state index in [1.165, 1.54) is 0 Å². The first-order valence-corrected chi connectivity index (χ1v) is 4.57. The van der Waals surface area contributed by atoms with Gasteiger partial charge in [-0.2, -0.15) is 0 Å². The Hall–Kier alpha value is -0.420. The molecule has 0 atom stereocenters. The van der Waals surface area contributed by atoms with Gasteiger partial charge < -0.3 is 15.6 Å². The average Bonchev–Trinajstić information content (AvgIpc) is 2.13. The van der Waals surface area contributed by atoms with Crippen LogP contribution in [0.15, 0.2) is 12.7 Å². The molecule has 0 aromatic heterocycles. The summed E-state index contributed by atoms with van der Waals surface area (Å²) in [5.41, 5.74) is 5.27. The second-order valence-corrected chi connectivity index (χ2v) is 2.71. The van der Waals surface area contributed by atoms with E-state index in [1.807, 2.05) is 6.08 Å². The molecule has 0 unspecified atom stereocenters. The fourth-order valence-corrected chi connectivity index (χ4v) is 0.997. The van der Waals surface area contributed by atoms with Crippen molar-refractivity contribution in [2.24, 2.45) is 5.73 Å². The molecule has 0 aromatic carbocycles. The summed E-state index contributed by atoms with van der Waals surface area (Å²) in [6, 6.07) is 0. The minimum Gasteiger partial charge on any atom is -0.395 e. The van der Waals surface area contributed by atoms with Crippen LogP contribution in [0, 0.1) is 0 Å². The van der Waals surface area contributed by atoms with Crippen LogP contribution in [0.3, 0.4) is 0 Å². The summed E-state index contributed by atoms with van der Waals surface area (Å²) in [5.74, 6) is 0. The number of aliphatic hydroxyl groups excluding tert-OH is 1. The fourth-order valence-electron chi connectivity index (χ4n) is 0.997. The molecule has 78 valence electrons. The van der Waals surface area contributed by atoms with E-state index in [1.54, 1.807) is 0 Å². The van der Waals surface area contributed by atoms with Gasteiger partial charge in [0.25, 0.3) is 0 Å². The Morgan fingerprint density at radius 2 is 2.15 bits per heavy atom. The Morgan fingerprint density at radius 3 is 2.69 bits per heavy atom. The van der Waals surface area contributed by atoms with Crippen LogP contribution >= 0.6 is 0 Å². The standard InChI is InChI=1S/C9H20N2O2/c1-2-4-11(5-7-12)6-9-13-8-3-10/h2,12H,1,3-10H2. The van der Waals surface area contributed by atoms with E-state index < -0.39 is 0 Å². The Labute approximate surface area is 80.0 Å². The molecule has 0 amide bonds. The molecule has 4 nitrogen and oxygen atoms in total. The van der Waals surface area contributed by atoms with Gasteiger partial charge in [0.2, 0.25) is 0 Å². The van der Waals surface area contributed by atoms with E-state index in [2.05, 4.69) is 11.5 Å². The van der Waals surface area contributed by atoms with Crippen LogP contribution < -0.4 is 5.73 Å². The summed E-state index contributed by atoms with van der Waals surface area (Å²) >= 11 is 0. The van der Waals surface area contributed by atoms with Crippen molar-refractivity contribution in [2.45, 2.75) is 0 Å². The molecule has 0 saturated heterocycles. The van der Waals surface area contributed by atoms with Crippen molar-refractivity contribution in [1.29, 1.82) is 0 Å². The van der Waals surface area contributed by atoms with E-state index in [-0.39, 0.29) is 6.61 Å². The first-order chi connectivity index (χ1) is 6.35. The molecule has 13 heavy (non-hydrogen) atoms. The number of nitrogens with zero attached hydrogens (tertiary/aromatic N) is 1. The lowest BCUT2D eigenvalue weighted by Crippen LogP contribution is -2.31. The van der Waals surface area contributed by atoms with Gasteiger partial charge in [-0.05, 0) is 0 Å². The van der Waals surface area contributed by atoms with Crippen molar-refractivity contribution in [3.05, 3.63) is 12.7 Å². The van der Waals surface area contributed by atoms with Gasteiger partial charge in [-0.15, -0.1) is 6.58 Å². The van der Waals surface area contributed by atoms with Crippen LogP contribution in [-0.2, 0) is 4.74 Å². The third-order valence-electron chi connectivity index (χ3n) is 1.62. The van der Waals surface area contributed by atoms with E-state index in [4.69, 9.17) is 15.6 Å². The zero-order chi connectivity index (χ0) is 9.94. The quantitative estimate of drug-likeness (QED) is 0.376. The topological polar surface area (TPSA) is 58.7 Å². The monoisotopic (exact) mass is 188 g/mol. The number of nitrogens with two attached hydrogens (primary N) is 1. The Balaban J connectivity index is 3.38. The molecular weight excluding hydrogens is 168 g/mol. The molecule has 0 spiro atoms. The molecule has 0 saturated carbocycles. The van der Waals surface area contributed by atoms with Gasteiger partial charge >= 0.3 is 0 Å². The first kappa shape index (κ1) is 12.6. The summed E-state index contributed by atoms with van der Waals surface area (Å²) in [4.78, 5) is 2.07. The van der Waals surface area contributed by atoms with Crippen LogP contribution in [0.4, 0.5) is 0 Å². The number of ether oxygens (including phenoxy) is 1. The maximum Gasteiger partial charge on any atom is 0.0594 e. The van der Waals surface area contributed by atoms with Crippen molar-refractivity contribution >= 4 is 0 Å². The molecule has 0 aliphatic carbocycles. The number of aliphatic hydroxyl groups is 1. The van der Waals surface area contributed by atoms with Crippen LogP contribution in [0.5, 0.6) is 0 Å². The van der Waals surface area contributed by atoms with Gasteiger partial charge in [-0.1, -0.05) is 6.08 Å². The summed E-state index contributed by atoms with van der Waals surface area (Å²) in [5, 5.41) is 8.73. The zero-order valence-corrected chi connectivity index (χ0v) is 8.11. The van der Waals surface area contributed by atoms with Crippen molar-refractivity contribution in [1.82, 2.24) is 4.90 Å². The first-order valence-electron chi connectivity index (χ1n) is 4.57. The predicted octanol–water partition coefficient (Wildman–Crippen LogP) is -0.558. The Kier molecular flexibility index (Phi) is 9.35. The molecular formula is C9H20N2O2. The van der Waals surface area contributed by atoms with Crippen molar-refractivity contribution in [2.75, 3.05) is 46.0 Å². The lowest BCUT2D eigenvalue weighted by Gasteiger charge is -2.18. The molecule has 3 N–H and O–H groups in total. The number of rotatable bonds is 9. The van der Waals surface area contributed by atoms with E-state index in [9.17, 15) is 0 Å². The van der Waals surface area contributed by atoms with Crippen molar-refractivity contribution in [3.8, 4) is 0 Å². The number of hydrogen-bond acceptors (Lipinski definition) is 4. The highest BCUT2D eigenvalue weighted by Gasteiger charge is 2.00. The zero-order valence-electron chi connectivity index (χ0n) is 8.11. The van der Waals surface area contributed by atoms with E-state index >= 15 is 0 Å². The molecule has 4 heteroatoms. The normalized spacial score (nSPS) is 10.7. The second kappa shape index (κ2) is 9.67. The van der Waals surface area contributed by atoms with Gasteiger partial charge in [0.15, 0.2) is 0 Å². The van der Waals surface area contributed by atoms with Gasteiger partial charge in [0, 0.05) is 26.2 Å². The summed E-state index contributed by atoms with van der Waals surface area (Å²) < 4.78 is 5.22. The largest absolute Gasteiger partial charge is 0.395 e. The Morgan fingerprint density at radius 1 is 1.38 bits per heavy atom. The highest BCUT2D eigenvalue weighted by atomic mass is 16.5. The van der Waals surface area contributed by atoms with Gasteiger partial charge in [-0.25, -0.2) is 0 Å². The summed E-state index contributed by atoms with van der Waals surface area (Å²) in [7, 11) is 0. The average molecular weight is 188 g/mol. The van der Waals surface area contributed by atoms with Gasteiger partial charge in [-0.3, -0.25) is 4.90 Å². The molecule has 0 rings (SSSR count). The number of hydrogen-bond donors (Lipinski definition) is 2. The fraction of sp³-hybridized carbons (Fsp3) is 0.778. The van der Waals surface area contributed by atoms with Crippen molar-refractivity contribution < 1.29 is 9.84 Å². The van der Waals surface area contributed by atoms with Crippen molar-refractivity contribution in [3.63, 3.8) is 0 Å². The minimum atomic E-state index is 0.171. The smallest absolute Gasteiger partial charge is 0.0594 e. The molecule has 0 aromatic rings. The molecule has 0 fully saturated rings. The summed E-state index contributed by atoms with van der Waals surface area (Å²) in [6.45, 7) is 7.89. The summed E-state index contributed by atoms with van der Waals surface area (Å²) in [6.07, 6.45) is 1.82. The predicted molar refractivity (Wildman–Crippen MR) is 53.6 cm³/mol. The SMILES string of the molecule is C=CCN(CCO)CCOCCN. The van der Waals surface area contributed by atoms with Crippen LogP contribution in [0.2, 0.25) is 0 Å². The van der Waals surface area contributed by atoms with E-state index in [0.717, 1.165) is 13.1 Å². The third-order valence-corrected chi connectivity index (χ3v) is 1.62.